The molecule has 1 saturated carbocycles. The van der Waals surface area contributed by atoms with E-state index in [0.717, 1.165) is 32.4 Å². The van der Waals surface area contributed by atoms with Crippen molar-refractivity contribution in [3.63, 3.8) is 0 Å². The molecule has 1 aromatic rings. The fraction of sp³-hybridized carbons (Fsp3) is 0.562. The van der Waals surface area contributed by atoms with E-state index in [1.54, 1.807) is 0 Å². The predicted octanol–water partition coefficient (Wildman–Crippen LogP) is 3.52. The summed E-state index contributed by atoms with van der Waals surface area (Å²) < 4.78 is 0. The van der Waals surface area contributed by atoms with Crippen LogP contribution in [0.3, 0.4) is 0 Å². The zero-order valence-electron chi connectivity index (χ0n) is 10.9. The van der Waals surface area contributed by atoms with Crippen molar-refractivity contribution < 1.29 is 0 Å². The molecular weight excluding hydrogens is 220 g/mol. The maximum absolute atomic E-state index is 9.57. The summed E-state index contributed by atoms with van der Waals surface area (Å²) in [6.45, 7) is 2.02. The highest BCUT2D eigenvalue weighted by atomic mass is 15.2. The van der Waals surface area contributed by atoms with Gasteiger partial charge in [0.15, 0.2) is 0 Å². The van der Waals surface area contributed by atoms with Gasteiger partial charge >= 0.3 is 0 Å². The van der Waals surface area contributed by atoms with Crippen molar-refractivity contribution in [1.29, 1.82) is 5.26 Å². The maximum Gasteiger partial charge on any atom is 0.0748 e. The number of fused-ring (bicyclic) bond motifs is 1. The van der Waals surface area contributed by atoms with Crippen LogP contribution in [0.15, 0.2) is 24.3 Å². The zero-order valence-corrected chi connectivity index (χ0v) is 10.9. The Kier molecular flexibility index (Phi) is 2.99. The molecule has 2 nitrogen and oxygen atoms in total. The van der Waals surface area contributed by atoms with Gasteiger partial charge in [0.1, 0.15) is 0 Å². The molecule has 94 valence electrons. The molecule has 0 atom stereocenters. The van der Waals surface area contributed by atoms with Gasteiger partial charge in [0.2, 0.25) is 0 Å². The number of benzene rings is 1. The monoisotopic (exact) mass is 240 g/mol. The van der Waals surface area contributed by atoms with E-state index in [1.165, 1.54) is 30.5 Å². The van der Waals surface area contributed by atoms with Gasteiger partial charge in [-0.3, -0.25) is 0 Å². The van der Waals surface area contributed by atoms with Gasteiger partial charge in [-0.25, -0.2) is 0 Å². The highest BCUT2D eigenvalue weighted by Gasteiger charge is 2.35. The minimum atomic E-state index is -0.0876. The van der Waals surface area contributed by atoms with E-state index < -0.39 is 0 Å². The fourth-order valence-corrected chi connectivity index (χ4v) is 3.47. The van der Waals surface area contributed by atoms with Crippen molar-refractivity contribution in [2.45, 2.75) is 38.5 Å². The Bertz CT molecular complexity index is 466. The minimum Gasteiger partial charge on any atom is -0.369 e. The lowest BCUT2D eigenvalue weighted by atomic mass is 9.75. The van der Waals surface area contributed by atoms with Crippen molar-refractivity contribution in [3.8, 4) is 6.07 Å². The Balaban J connectivity index is 1.79. The first-order valence-corrected chi connectivity index (χ1v) is 7.07. The molecule has 1 fully saturated rings. The molecule has 3 rings (SSSR count). The van der Waals surface area contributed by atoms with Gasteiger partial charge in [0.25, 0.3) is 0 Å². The van der Waals surface area contributed by atoms with Crippen LogP contribution in [0, 0.1) is 16.7 Å². The quantitative estimate of drug-likeness (QED) is 0.790. The van der Waals surface area contributed by atoms with Crippen LogP contribution in [-0.2, 0) is 6.42 Å². The van der Waals surface area contributed by atoms with Gasteiger partial charge in [-0.15, -0.1) is 0 Å². The lowest BCUT2D eigenvalue weighted by Gasteiger charge is -2.35. The molecule has 0 N–H and O–H groups in total. The molecule has 0 unspecified atom stereocenters. The van der Waals surface area contributed by atoms with E-state index in [2.05, 4.69) is 35.2 Å². The molecule has 0 radical (unpaired) electrons. The molecule has 18 heavy (non-hydrogen) atoms. The average molecular weight is 240 g/mol. The Morgan fingerprint density at radius 3 is 2.72 bits per heavy atom. The summed E-state index contributed by atoms with van der Waals surface area (Å²) in [4.78, 5) is 2.43. The maximum atomic E-state index is 9.57. The van der Waals surface area contributed by atoms with Crippen molar-refractivity contribution in [1.82, 2.24) is 0 Å². The first-order chi connectivity index (χ1) is 8.83. The molecule has 1 aromatic carbocycles. The molecule has 0 amide bonds. The third-order valence-corrected chi connectivity index (χ3v) is 4.52. The summed E-state index contributed by atoms with van der Waals surface area (Å²) in [7, 11) is 0. The minimum absolute atomic E-state index is 0.0876. The molecule has 2 aliphatic rings. The van der Waals surface area contributed by atoms with Crippen LogP contribution in [0.4, 0.5) is 5.69 Å². The largest absolute Gasteiger partial charge is 0.369 e. The Labute approximate surface area is 109 Å². The van der Waals surface area contributed by atoms with E-state index in [1.807, 2.05) is 0 Å². The summed E-state index contributed by atoms with van der Waals surface area (Å²) in [5.41, 5.74) is 2.72. The van der Waals surface area contributed by atoms with E-state index in [9.17, 15) is 5.26 Å². The van der Waals surface area contributed by atoms with Gasteiger partial charge in [0.05, 0.1) is 11.5 Å². The summed E-state index contributed by atoms with van der Waals surface area (Å²) in [5.74, 6) is 0. The van der Waals surface area contributed by atoms with E-state index >= 15 is 0 Å². The lowest BCUT2D eigenvalue weighted by Crippen LogP contribution is -2.37. The Hall–Kier alpha value is -1.49. The van der Waals surface area contributed by atoms with E-state index in [0.29, 0.717) is 0 Å². The van der Waals surface area contributed by atoms with E-state index in [4.69, 9.17) is 0 Å². The summed E-state index contributed by atoms with van der Waals surface area (Å²) in [5, 5.41) is 9.57. The van der Waals surface area contributed by atoms with Gasteiger partial charge in [0, 0.05) is 18.8 Å². The second kappa shape index (κ2) is 4.65. The first kappa shape index (κ1) is 11.6. The number of nitrogens with zero attached hydrogens (tertiary/aromatic N) is 2. The highest BCUT2D eigenvalue weighted by Crippen LogP contribution is 2.39. The number of hydrogen-bond donors (Lipinski definition) is 0. The molecule has 0 bridgehead atoms. The van der Waals surface area contributed by atoms with Crippen molar-refractivity contribution in [2.24, 2.45) is 5.41 Å². The van der Waals surface area contributed by atoms with Crippen molar-refractivity contribution in [2.75, 3.05) is 18.0 Å². The number of para-hydroxylation sites is 1. The number of anilines is 1. The van der Waals surface area contributed by atoms with Gasteiger partial charge in [-0.05, 0) is 30.9 Å². The lowest BCUT2D eigenvalue weighted by molar-refractivity contribution is 0.271. The van der Waals surface area contributed by atoms with Crippen molar-refractivity contribution in [3.05, 3.63) is 29.8 Å². The van der Waals surface area contributed by atoms with Crippen LogP contribution in [0.2, 0.25) is 0 Å². The molecule has 0 aromatic heterocycles. The number of hydrogen-bond acceptors (Lipinski definition) is 2. The second-order valence-electron chi connectivity index (χ2n) is 5.75. The first-order valence-electron chi connectivity index (χ1n) is 7.07. The molecule has 0 saturated heterocycles. The van der Waals surface area contributed by atoms with Crippen LogP contribution >= 0.6 is 0 Å². The zero-order chi connectivity index (χ0) is 12.4. The molecule has 1 aliphatic heterocycles. The number of rotatable bonds is 2. The van der Waals surface area contributed by atoms with Crippen LogP contribution in [0.25, 0.3) is 0 Å². The molecular formula is C16H20N2. The third-order valence-electron chi connectivity index (χ3n) is 4.52. The molecule has 1 aliphatic carbocycles. The van der Waals surface area contributed by atoms with Crippen LogP contribution in [0.5, 0.6) is 0 Å². The number of nitriles is 1. The molecule has 2 heteroatoms. The average Bonchev–Trinajstić information content (AvgIpc) is 2.83. The summed E-state index contributed by atoms with van der Waals surface area (Å²) >= 11 is 0. The van der Waals surface area contributed by atoms with Crippen LogP contribution < -0.4 is 4.90 Å². The third kappa shape index (κ3) is 1.99. The SMILES string of the molecule is N#CC1(CN2CCc3ccccc32)CCCCC1. The Morgan fingerprint density at radius 2 is 1.94 bits per heavy atom. The summed E-state index contributed by atoms with van der Waals surface area (Å²) in [6, 6.07) is 11.3. The normalized spacial score (nSPS) is 21.4. The highest BCUT2D eigenvalue weighted by molar-refractivity contribution is 5.58. The molecule has 0 spiro atoms. The van der Waals surface area contributed by atoms with E-state index in [-0.39, 0.29) is 5.41 Å². The fourth-order valence-electron chi connectivity index (χ4n) is 3.47. The second-order valence-corrected chi connectivity index (χ2v) is 5.75. The topological polar surface area (TPSA) is 27.0 Å². The van der Waals surface area contributed by atoms with Gasteiger partial charge in [-0.1, -0.05) is 37.5 Å². The van der Waals surface area contributed by atoms with Crippen molar-refractivity contribution >= 4 is 5.69 Å². The van der Waals surface area contributed by atoms with Gasteiger partial charge in [-0.2, -0.15) is 5.26 Å². The van der Waals surface area contributed by atoms with Gasteiger partial charge < -0.3 is 4.90 Å². The standard InChI is InChI=1S/C16H20N2/c17-12-16(9-4-1-5-10-16)13-18-11-8-14-6-2-3-7-15(14)18/h2-3,6-7H,1,4-5,8-11,13H2. The molecule has 1 heterocycles. The predicted molar refractivity (Wildman–Crippen MR) is 73.5 cm³/mol. The van der Waals surface area contributed by atoms with Crippen LogP contribution in [0.1, 0.15) is 37.7 Å². The van der Waals surface area contributed by atoms with Crippen LogP contribution in [-0.4, -0.2) is 13.1 Å². The Morgan fingerprint density at radius 1 is 1.17 bits per heavy atom. The summed E-state index contributed by atoms with van der Waals surface area (Å²) in [6.07, 6.45) is 7.06. The smallest absolute Gasteiger partial charge is 0.0748 e.